The molecule has 0 N–H and O–H groups in total. The van der Waals surface area contributed by atoms with Gasteiger partial charge in [0.15, 0.2) is 6.10 Å². The first-order chi connectivity index (χ1) is 37.0. The van der Waals surface area contributed by atoms with E-state index in [-0.39, 0.29) is 31.1 Å². The predicted octanol–water partition coefficient (Wildman–Crippen LogP) is 21.7. The minimum atomic E-state index is -0.780. The van der Waals surface area contributed by atoms with E-state index in [0.29, 0.717) is 19.3 Å². The van der Waals surface area contributed by atoms with Crippen molar-refractivity contribution in [3.8, 4) is 0 Å². The van der Waals surface area contributed by atoms with E-state index in [1.165, 1.54) is 154 Å². The van der Waals surface area contributed by atoms with Gasteiger partial charge in [-0.1, -0.05) is 279 Å². The van der Waals surface area contributed by atoms with Crippen LogP contribution in [-0.2, 0) is 28.6 Å². The van der Waals surface area contributed by atoms with Crippen LogP contribution in [0.2, 0.25) is 0 Å². The number of unbranched alkanes of at least 4 members (excludes halogenated alkanes) is 30. The Hall–Kier alpha value is -3.67. The Morgan fingerprint density at radius 3 is 0.840 bits per heavy atom. The Kier molecular flexibility index (Phi) is 59.8. The van der Waals surface area contributed by atoms with Gasteiger partial charge in [-0.3, -0.25) is 14.4 Å². The molecule has 1 atom stereocenters. The van der Waals surface area contributed by atoms with E-state index in [4.69, 9.17) is 14.2 Å². The summed E-state index contributed by atoms with van der Waals surface area (Å²) < 4.78 is 16.9. The molecule has 0 amide bonds. The van der Waals surface area contributed by atoms with E-state index in [0.717, 1.165) is 109 Å². The lowest BCUT2D eigenvalue weighted by atomic mass is 10.0. The number of allylic oxidation sites excluding steroid dienone is 16. The number of carbonyl (C=O) groups is 3. The molecule has 0 aliphatic heterocycles. The monoisotopic (exact) mass is 1040 g/mol. The van der Waals surface area contributed by atoms with Crippen LogP contribution in [0.25, 0.3) is 0 Å². The van der Waals surface area contributed by atoms with Gasteiger partial charge in [-0.25, -0.2) is 0 Å². The largest absolute Gasteiger partial charge is 0.462 e. The third kappa shape index (κ3) is 61.1. The SMILES string of the molecule is CC/C=C\C/C=C\C/C=C\C/C=C\C/C=C\C/C=C\CCCCCCCCCCCCCCC(=O)OCC(COC(=O)CCCCCCCCCCC)OC(=O)CCCCCCCCC/C=C\C/C=C\CCCCC. The second kappa shape index (κ2) is 62.9. The van der Waals surface area contributed by atoms with Gasteiger partial charge < -0.3 is 14.2 Å². The highest BCUT2D eigenvalue weighted by atomic mass is 16.6. The van der Waals surface area contributed by atoms with Gasteiger partial charge >= 0.3 is 17.9 Å². The van der Waals surface area contributed by atoms with Crippen molar-refractivity contribution in [1.29, 1.82) is 0 Å². The number of esters is 3. The zero-order valence-electron chi connectivity index (χ0n) is 49.3. The quantitative estimate of drug-likeness (QED) is 0.0261. The summed E-state index contributed by atoms with van der Waals surface area (Å²) in [7, 11) is 0. The van der Waals surface area contributed by atoms with Gasteiger partial charge in [-0.15, -0.1) is 0 Å². The highest BCUT2D eigenvalue weighted by molar-refractivity contribution is 5.71. The van der Waals surface area contributed by atoms with E-state index >= 15 is 0 Å². The molecule has 6 heteroatoms. The molecule has 0 rings (SSSR count). The lowest BCUT2D eigenvalue weighted by Crippen LogP contribution is -2.30. The van der Waals surface area contributed by atoms with Crippen LogP contribution in [0.5, 0.6) is 0 Å². The van der Waals surface area contributed by atoms with Gasteiger partial charge in [0.2, 0.25) is 0 Å². The zero-order chi connectivity index (χ0) is 54.3. The molecule has 0 heterocycles. The molecule has 75 heavy (non-hydrogen) atoms. The van der Waals surface area contributed by atoms with E-state index in [2.05, 4.69) is 118 Å². The molecule has 430 valence electrons. The van der Waals surface area contributed by atoms with Crippen LogP contribution in [0.15, 0.2) is 97.2 Å². The van der Waals surface area contributed by atoms with E-state index < -0.39 is 6.10 Å². The first-order valence-electron chi connectivity index (χ1n) is 31.7. The first-order valence-corrected chi connectivity index (χ1v) is 31.7. The topological polar surface area (TPSA) is 78.9 Å². The Bertz CT molecular complexity index is 1480. The summed E-state index contributed by atoms with van der Waals surface area (Å²) in [5.41, 5.74) is 0. The summed E-state index contributed by atoms with van der Waals surface area (Å²) in [6.45, 7) is 6.49. The number of rotatable bonds is 57. The molecule has 0 fully saturated rings. The summed E-state index contributed by atoms with van der Waals surface area (Å²) in [6, 6.07) is 0. The smallest absolute Gasteiger partial charge is 0.306 e. The normalized spacial score (nSPS) is 12.7. The van der Waals surface area contributed by atoms with Crippen LogP contribution in [-0.4, -0.2) is 37.2 Å². The molecule has 0 bridgehead atoms. The molecule has 0 aromatic rings. The average molecular weight is 1040 g/mol. The standard InChI is InChI=1S/C69H118O6/c1-4-7-10-13-16-19-21-23-25-27-28-29-30-31-32-33-34-35-36-37-38-39-40-42-43-45-47-50-53-56-59-62-68(71)74-65-66(64-73-67(70)61-58-55-52-49-18-15-12-9-6-3)75-69(72)63-60-57-54-51-48-46-44-41-26-24-22-20-17-14-11-8-5-2/h7,10,16-17,19-20,23-26,28-29,31-32,34-35,66H,4-6,8-9,11-15,18,21-22,27,30,33,36-65H2,1-3H3/b10-7-,19-16-,20-17-,25-23-,26-24-,29-28-,32-31-,35-34-. The van der Waals surface area contributed by atoms with Crippen LogP contribution in [0.3, 0.4) is 0 Å². The molecule has 0 aromatic heterocycles. The van der Waals surface area contributed by atoms with Gasteiger partial charge in [-0.05, 0) is 103 Å². The van der Waals surface area contributed by atoms with Crippen LogP contribution in [0, 0.1) is 0 Å². The number of hydrogen-bond donors (Lipinski definition) is 0. The Morgan fingerprint density at radius 1 is 0.280 bits per heavy atom. The predicted molar refractivity (Wildman–Crippen MR) is 325 cm³/mol. The van der Waals surface area contributed by atoms with E-state index in [1.807, 2.05) is 0 Å². The summed E-state index contributed by atoms with van der Waals surface area (Å²) in [6.07, 6.45) is 84.2. The highest BCUT2D eigenvalue weighted by Crippen LogP contribution is 2.16. The molecular weight excluding hydrogens is 925 g/mol. The summed E-state index contributed by atoms with van der Waals surface area (Å²) in [4.78, 5) is 38.1. The van der Waals surface area contributed by atoms with Gasteiger partial charge in [0, 0.05) is 19.3 Å². The van der Waals surface area contributed by atoms with Gasteiger partial charge in [0.05, 0.1) is 0 Å². The van der Waals surface area contributed by atoms with E-state index in [1.54, 1.807) is 0 Å². The molecule has 0 saturated carbocycles. The van der Waals surface area contributed by atoms with Crippen molar-refractivity contribution in [3.05, 3.63) is 97.2 Å². The fourth-order valence-corrected chi connectivity index (χ4v) is 8.83. The second-order valence-corrected chi connectivity index (χ2v) is 20.9. The number of hydrogen-bond acceptors (Lipinski definition) is 6. The van der Waals surface area contributed by atoms with Crippen LogP contribution in [0.4, 0.5) is 0 Å². The molecule has 6 nitrogen and oxygen atoms in total. The van der Waals surface area contributed by atoms with Crippen LogP contribution < -0.4 is 0 Å². The molecular formula is C69H118O6. The maximum Gasteiger partial charge on any atom is 0.306 e. The molecule has 0 spiro atoms. The Balaban J connectivity index is 4.17. The summed E-state index contributed by atoms with van der Waals surface area (Å²) in [5, 5.41) is 0. The molecule has 0 radical (unpaired) electrons. The molecule has 0 aliphatic rings. The lowest BCUT2D eigenvalue weighted by Gasteiger charge is -2.18. The van der Waals surface area contributed by atoms with Crippen molar-refractivity contribution >= 4 is 17.9 Å². The van der Waals surface area contributed by atoms with Crippen LogP contribution in [0.1, 0.15) is 303 Å². The fraction of sp³-hybridized carbons (Fsp3) is 0.725. The molecule has 1 unspecified atom stereocenters. The summed E-state index contributed by atoms with van der Waals surface area (Å²) in [5.74, 6) is -0.882. The maximum atomic E-state index is 12.9. The van der Waals surface area contributed by atoms with Crippen molar-refractivity contribution in [3.63, 3.8) is 0 Å². The van der Waals surface area contributed by atoms with Crippen molar-refractivity contribution in [1.82, 2.24) is 0 Å². The summed E-state index contributed by atoms with van der Waals surface area (Å²) >= 11 is 0. The van der Waals surface area contributed by atoms with Gasteiger partial charge in [-0.2, -0.15) is 0 Å². The average Bonchev–Trinajstić information content (AvgIpc) is 3.41. The maximum absolute atomic E-state index is 12.9. The molecule has 0 aromatic carbocycles. The number of ether oxygens (including phenoxy) is 3. The minimum absolute atomic E-state index is 0.0781. The fourth-order valence-electron chi connectivity index (χ4n) is 8.83. The number of carbonyl (C=O) groups excluding carboxylic acids is 3. The molecule has 0 aliphatic carbocycles. The third-order valence-electron chi connectivity index (χ3n) is 13.6. The second-order valence-electron chi connectivity index (χ2n) is 20.9. The van der Waals surface area contributed by atoms with Crippen LogP contribution >= 0.6 is 0 Å². The van der Waals surface area contributed by atoms with Crippen molar-refractivity contribution in [2.24, 2.45) is 0 Å². The van der Waals surface area contributed by atoms with Gasteiger partial charge in [0.25, 0.3) is 0 Å². The third-order valence-corrected chi connectivity index (χ3v) is 13.6. The first kappa shape index (κ1) is 71.3. The Labute approximate surface area is 464 Å². The van der Waals surface area contributed by atoms with Gasteiger partial charge in [0.1, 0.15) is 13.2 Å². The van der Waals surface area contributed by atoms with Crippen molar-refractivity contribution in [2.45, 2.75) is 309 Å². The minimum Gasteiger partial charge on any atom is -0.462 e. The molecule has 0 saturated heterocycles. The van der Waals surface area contributed by atoms with Crippen molar-refractivity contribution in [2.75, 3.05) is 13.2 Å². The van der Waals surface area contributed by atoms with Crippen molar-refractivity contribution < 1.29 is 28.6 Å². The van der Waals surface area contributed by atoms with E-state index in [9.17, 15) is 14.4 Å². The lowest BCUT2D eigenvalue weighted by molar-refractivity contribution is -0.167. The zero-order valence-corrected chi connectivity index (χ0v) is 49.3. The Morgan fingerprint density at radius 2 is 0.520 bits per heavy atom. The highest BCUT2D eigenvalue weighted by Gasteiger charge is 2.19.